The van der Waals surface area contributed by atoms with E-state index in [1.54, 1.807) is 13.0 Å². The van der Waals surface area contributed by atoms with E-state index in [0.717, 1.165) is 0 Å². The number of nitrogens with one attached hydrogen (secondary N) is 1. The Morgan fingerprint density at radius 3 is 2.47 bits per heavy atom. The Hall–Kier alpha value is -2.11. The van der Waals surface area contributed by atoms with Crippen LogP contribution in [0.25, 0.3) is 0 Å². The zero-order chi connectivity index (χ0) is 13.0. The van der Waals surface area contributed by atoms with Gasteiger partial charge in [0, 0.05) is 5.69 Å². The molecular weight excluding hydrogens is 225 g/mol. The van der Waals surface area contributed by atoms with Crippen molar-refractivity contribution in [1.29, 1.82) is 0 Å². The van der Waals surface area contributed by atoms with Crippen LogP contribution in [0.4, 0.5) is 10.1 Å². The third kappa shape index (κ3) is 4.10. The lowest BCUT2D eigenvalue weighted by molar-refractivity contribution is -0.123. The largest absolute Gasteiger partial charge is 0.373 e. The second-order valence-corrected chi connectivity index (χ2v) is 3.79. The van der Waals surface area contributed by atoms with Crippen LogP contribution in [0.5, 0.6) is 0 Å². The van der Waals surface area contributed by atoms with Gasteiger partial charge in [0.15, 0.2) is 0 Å². The second-order valence-electron chi connectivity index (χ2n) is 3.79. The summed E-state index contributed by atoms with van der Waals surface area (Å²) in [6.07, 6.45) is -0.231. The summed E-state index contributed by atoms with van der Waals surface area (Å²) in [5.74, 6) is -1.81. The number of primary amides is 2. The number of hydrogen-bond donors (Lipinski definition) is 3. The quantitative estimate of drug-likeness (QED) is 0.688. The van der Waals surface area contributed by atoms with Crippen LogP contribution in [0.3, 0.4) is 0 Å². The van der Waals surface area contributed by atoms with Gasteiger partial charge in [0.05, 0.1) is 6.42 Å². The number of halogens is 1. The van der Waals surface area contributed by atoms with Crippen molar-refractivity contribution in [1.82, 2.24) is 0 Å². The fourth-order valence-electron chi connectivity index (χ4n) is 1.44. The average molecular weight is 239 g/mol. The number of carbonyl (C=O) groups is 2. The minimum absolute atomic E-state index is 0.231. The van der Waals surface area contributed by atoms with Gasteiger partial charge < -0.3 is 16.8 Å². The molecule has 0 heterocycles. The minimum atomic E-state index is -0.936. The van der Waals surface area contributed by atoms with Gasteiger partial charge in [0.25, 0.3) is 0 Å². The van der Waals surface area contributed by atoms with E-state index in [1.165, 1.54) is 12.1 Å². The molecule has 5 nitrogen and oxygen atoms in total. The summed E-state index contributed by atoms with van der Waals surface area (Å²) in [5, 5.41) is 2.68. The molecule has 1 rings (SSSR count). The number of hydrogen-bond acceptors (Lipinski definition) is 3. The predicted octanol–water partition coefficient (Wildman–Crippen LogP) is 0.275. The highest BCUT2D eigenvalue weighted by atomic mass is 19.1. The molecule has 0 radical (unpaired) electrons. The first-order valence-corrected chi connectivity index (χ1v) is 5.00. The van der Waals surface area contributed by atoms with Crippen molar-refractivity contribution in [2.45, 2.75) is 19.4 Å². The zero-order valence-electron chi connectivity index (χ0n) is 9.37. The molecule has 6 heteroatoms. The summed E-state index contributed by atoms with van der Waals surface area (Å²) in [7, 11) is 0. The predicted molar refractivity (Wildman–Crippen MR) is 61.6 cm³/mol. The minimum Gasteiger partial charge on any atom is -0.373 e. The summed E-state index contributed by atoms with van der Waals surface area (Å²) in [4.78, 5) is 21.8. The lowest BCUT2D eigenvalue weighted by atomic mass is 10.1. The van der Waals surface area contributed by atoms with Gasteiger partial charge in [-0.05, 0) is 30.7 Å². The molecule has 0 saturated heterocycles. The monoisotopic (exact) mass is 239 g/mol. The van der Waals surface area contributed by atoms with Gasteiger partial charge in [-0.25, -0.2) is 4.39 Å². The Bertz CT molecular complexity index is 428. The highest BCUT2D eigenvalue weighted by Gasteiger charge is 2.17. The topological polar surface area (TPSA) is 98.2 Å². The average Bonchev–Trinajstić information content (AvgIpc) is 2.13. The molecule has 5 N–H and O–H groups in total. The van der Waals surface area contributed by atoms with Crippen molar-refractivity contribution in [3.8, 4) is 0 Å². The number of anilines is 1. The van der Waals surface area contributed by atoms with Crippen LogP contribution in [-0.4, -0.2) is 17.9 Å². The SMILES string of the molecule is Cc1cc(F)cc(NC(CC(N)=O)C(N)=O)c1. The lowest BCUT2D eigenvalue weighted by Crippen LogP contribution is -2.38. The van der Waals surface area contributed by atoms with E-state index in [1.807, 2.05) is 0 Å². The molecule has 92 valence electrons. The molecule has 0 spiro atoms. The number of nitrogens with two attached hydrogens (primary N) is 2. The number of carbonyl (C=O) groups excluding carboxylic acids is 2. The van der Waals surface area contributed by atoms with Crippen molar-refractivity contribution in [3.63, 3.8) is 0 Å². The molecule has 1 atom stereocenters. The van der Waals surface area contributed by atoms with E-state index >= 15 is 0 Å². The summed E-state index contributed by atoms with van der Waals surface area (Å²) in [5.41, 5.74) is 11.2. The molecule has 0 aliphatic carbocycles. The first kappa shape index (κ1) is 13.0. The molecule has 0 bridgehead atoms. The maximum atomic E-state index is 13.1. The lowest BCUT2D eigenvalue weighted by Gasteiger charge is -2.15. The van der Waals surface area contributed by atoms with Gasteiger partial charge in [0.2, 0.25) is 11.8 Å². The van der Waals surface area contributed by atoms with Crippen LogP contribution in [0.15, 0.2) is 18.2 Å². The number of amides is 2. The molecule has 0 saturated carbocycles. The van der Waals surface area contributed by atoms with Gasteiger partial charge in [-0.1, -0.05) is 0 Å². The molecule has 17 heavy (non-hydrogen) atoms. The third-order valence-corrected chi connectivity index (χ3v) is 2.13. The van der Waals surface area contributed by atoms with Crippen molar-refractivity contribution >= 4 is 17.5 Å². The summed E-state index contributed by atoms with van der Waals surface area (Å²) >= 11 is 0. The van der Waals surface area contributed by atoms with Crippen LogP contribution in [0, 0.1) is 12.7 Å². The van der Waals surface area contributed by atoms with Gasteiger partial charge >= 0.3 is 0 Å². The van der Waals surface area contributed by atoms with Gasteiger partial charge in [-0.2, -0.15) is 0 Å². The molecule has 1 aromatic rings. The molecular formula is C11H14FN3O2. The van der Waals surface area contributed by atoms with Crippen LogP contribution in [0.1, 0.15) is 12.0 Å². The molecule has 0 fully saturated rings. The smallest absolute Gasteiger partial charge is 0.240 e. The Labute approximate surface area is 98.0 Å². The van der Waals surface area contributed by atoms with Gasteiger partial charge in [0.1, 0.15) is 11.9 Å². The maximum Gasteiger partial charge on any atom is 0.240 e. The maximum absolute atomic E-state index is 13.1. The van der Waals surface area contributed by atoms with Crippen molar-refractivity contribution < 1.29 is 14.0 Å². The molecule has 0 aliphatic heterocycles. The Balaban J connectivity index is 2.85. The van der Waals surface area contributed by atoms with E-state index < -0.39 is 23.7 Å². The van der Waals surface area contributed by atoms with Gasteiger partial charge in [-0.3, -0.25) is 9.59 Å². The van der Waals surface area contributed by atoms with Gasteiger partial charge in [-0.15, -0.1) is 0 Å². The van der Waals surface area contributed by atoms with Crippen LogP contribution >= 0.6 is 0 Å². The van der Waals surface area contributed by atoms with Crippen LogP contribution in [-0.2, 0) is 9.59 Å². The van der Waals surface area contributed by atoms with E-state index in [9.17, 15) is 14.0 Å². The molecule has 1 aromatic carbocycles. The highest BCUT2D eigenvalue weighted by molar-refractivity contribution is 5.88. The first-order chi connectivity index (χ1) is 7.88. The fourth-order valence-corrected chi connectivity index (χ4v) is 1.44. The van der Waals surface area contributed by atoms with Crippen molar-refractivity contribution in [2.24, 2.45) is 11.5 Å². The van der Waals surface area contributed by atoms with Crippen LogP contribution in [0.2, 0.25) is 0 Å². The van der Waals surface area contributed by atoms with E-state index in [2.05, 4.69) is 5.32 Å². The summed E-state index contributed by atoms with van der Waals surface area (Å²) < 4.78 is 13.1. The number of benzene rings is 1. The Morgan fingerprint density at radius 1 is 1.35 bits per heavy atom. The van der Waals surface area contributed by atoms with E-state index in [-0.39, 0.29) is 6.42 Å². The third-order valence-electron chi connectivity index (χ3n) is 2.13. The fraction of sp³-hybridized carbons (Fsp3) is 0.273. The standard InChI is InChI=1S/C11H14FN3O2/c1-6-2-7(12)4-8(3-6)15-9(11(14)17)5-10(13)16/h2-4,9,15H,5H2,1H3,(H2,13,16)(H2,14,17). The summed E-state index contributed by atoms with van der Waals surface area (Å²) in [6, 6.07) is 3.26. The number of aryl methyl sites for hydroxylation is 1. The molecule has 0 aliphatic rings. The van der Waals surface area contributed by atoms with Crippen LogP contribution < -0.4 is 16.8 Å². The zero-order valence-corrected chi connectivity index (χ0v) is 9.37. The Morgan fingerprint density at radius 2 is 2.00 bits per heavy atom. The summed E-state index contributed by atoms with van der Waals surface area (Å²) in [6.45, 7) is 1.71. The van der Waals surface area contributed by atoms with Crippen molar-refractivity contribution in [2.75, 3.05) is 5.32 Å². The van der Waals surface area contributed by atoms with E-state index in [0.29, 0.717) is 11.3 Å². The highest BCUT2D eigenvalue weighted by Crippen LogP contribution is 2.15. The Kier molecular flexibility index (Phi) is 4.03. The molecule has 1 unspecified atom stereocenters. The van der Waals surface area contributed by atoms with Crippen molar-refractivity contribution in [3.05, 3.63) is 29.6 Å². The normalized spacial score (nSPS) is 11.9. The first-order valence-electron chi connectivity index (χ1n) is 5.00. The number of rotatable bonds is 5. The second kappa shape index (κ2) is 5.29. The van der Waals surface area contributed by atoms with E-state index in [4.69, 9.17) is 11.5 Å². The molecule has 0 aromatic heterocycles. The molecule has 2 amide bonds.